The van der Waals surface area contributed by atoms with Gasteiger partial charge in [-0.3, -0.25) is 4.79 Å². The van der Waals surface area contributed by atoms with E-state index in [2.05, 4.69) is 16.8 Å². The first kappa shape index (κ1) is 12.1. The maximum absolute atomic E-state index is 11.4. The van der Waals surface area contributed by atoms with Crippen LogP contribution in [-0.4, -0.2) is 23.4 Å². The van der Waals surface area contributed by atoms with E-state index in [4.69, 9.17) is 0 Å². The summed E-state index contributed by atoms with van der Waals surface area (Å²) in [5, 5.41) is 0. The van der Waals surface area contributed by atoms with Crippen molar-refractivity contribution in [3.05, 3.63) is 23.9 Å². The van der Waals surface area contributed by atoms with Crippen LogP contribution in [0.4, 0.5) is 5.82 Å². The van der Waals surface area contributed by atoms with Crippen LogP contribution in [-0.2, 0) is 0 Å². The molecule has 2 rings (SSSR count). The highest BCUT2D eigenvalue weighted by molar-refractivity contribution is 5.94. The van der Waals surface area contributed by atoms with Crippen LogP contribution in [0, 0.1) is 0 Å². The van der Waals surface area contributed by atoms with Crippen molar-refractivity contribution in [1.29, 1.82) is 0 Å². The molecule has 92 valence electrons. The number of pyridine rings is 1. The van der Waals surface area contributed by atoms with E-state index in [-0.39, 0.29) is 5.78 Å². The van der Waals surface area contributed by atoms with Crippen molar-refractivity contribution in [2.45, 2.75) is 45.6 Å². The number of nitrogens with zero attached hydrogens (tertiary/aromatic N) is 2. The summed E-state index contributed by atoms with van der Waals surface area (Å²) in [5.41, 5.74) is 0.760. The molecular formula is C14H20N2O. The molecular weight excluding hydrogens is 212 g/mol. The third kappa shape index (κ3) is 2.65. The Balaban J connectivity index is 2.25. The molecule has 1 atom stereocenters. The number of hydrogen-bond acceptors (Lipinski definition) is 3. The Hall–Kier alpha value is -1.38. The zero-order chi connectivity index (χ0) is 12.3. The number of carbonyl (C=O) groups is 1. The summed E-state index contributed by atoms with van der Waals surface area (Å²) >= 11 is 0. The fourth-order valence-corrected chi connectivity index (χ4v) is 2.52. The number of aromatic nitrogens is 1. The van der Waals surface area contributed by atoms with Gasteiger partial charge in [0.05, 0.1) is 0 Å². The maximum atomic E-state index is 11.4. The van der Waals surface area contributed by atoms with Crippen LogP contribution in [0.25, 0.3) is 0 Å². The van der Waals surface area contributed by atoms with E-state index < -0.39 is 0 Å². The number of rotatable bonds is 3. The minimum absolute atomic E-state index is 0.110. The molecule has 3 heteroatoms. The van der Waals surface area contributed by atoms with Gasteiger partial charge in [0.1, 0.15) is 5.82 Å². The summed E-state index contributed by atoms with van der Waals surface area (Å²) in [7, 11) is 0. The Morgan fingerprint density at radius 1 is 1.53 bits per heavy atom. The second-order valence-corrected chi connectivity index (χ2v) is 4.71. The van der Waals surface area contributed by atoms with Gasteiger partial charge in [0, 0.05) is 24.3 Å². The lowest BCUT2D eigenvalue weighted by Gasteiger charge is -2.36. The monoisotopic (exact) mass is 232 g/mol. The summed E-state index contributed by atoms with van der Waals surface area (Å²) in [6.07, 6.45) is 6.66. The highest BCUT2D eigenvalue weighted by atomic mass is 16.1. The summed E-state index contributed by atoms with van der Waals surface area (Å²) in [4.78, 5) is 18.2. The Labute approximate surface area is 103 Å². The second-order valence-electron chi connectivity index (χ2n) is 4.71. The summed E-state index contributed by atoms with van der Waals surface area (Å²) in [6, 6.07) is 4.30. The third-order valence-electron chi connectivity index (χ3n) is 3.54. The van der Waals surface area contributed by atoms with Gasteiger partial charge in [0.15, 0.2) is 5.78 Å². The van der Waals surface area contributed by atoms with Crippen LogP contribution in [0.2, 0.25) is 0 Å². The highest BCUT2D eigenvalue weighted by Gasteiger charge is 2.22. The molecule has 17 heavy (non-hydrogen) atoms. The molecule has 1 saturated heterocycles. The molecule has 3 nitrogen and oxygen atoms in total. The smallest absolute Gasteiger partial charge is 0.159 e. The molecule has 0 N–H and O–H groups in total. The maximum Gasteiger partial charge on any atom is 0.159 e. The first-order valence-corrected chi connectivity index (χ1v) is 6.46. The van der Waals surface area contributed by atoms with E-state index in [0.717, 1.165) is 24.3 Å². The Kier molecular flexibility index (Phi) is 3.77. The van der Waals surface area contributed by atoms with Crippen molar-refractivity contribution < 1.29 is 4.79 Å². The highest BCUT2D eigenvalue weighted by Crippen LogP contribution is 2.25. The van der Waals surface area contributed by atoms with Gasteiger partial charge >= 0.3 is 0 Å². The minimum atomic E-state index is 0.110. The van der Waals surface area contributed by atoms with Crippen LogP contribution in [0.5, 0.6) is 0 Å². The summed E-state index contributed by atoms with van der Waals surface area (Å²) in [6.45, 7) is 4.89. The van der Waals surface area contributed by atoms with Gasteiger partial charge in [0.2, 0.25) is 0 Å². The lowest BCUT2D eigenvalue weighted by molar-refractivity contribution is 0.101. The van der Waals surface area contributed by atoms with Crippen LogP contribution in [0.1, 0.15) is 49.9 Å². The minimum Gasteiger partial charge on any atom is -0.354 e. The van der Waals surface area contributed by atoms with Crippen molar-refractivity contribution in [3.63, 3.8) is 0 Å². The van der Waals surface area contributed by atoms with E-state index in [0.29, 0.717) is 6.04 Å². The van der Waals surface area contributed by atoms with Crippen molar-refractivity contribution in [3.8, 4) is 0 Å². The molecule has 1 aliphatic rings. The van der Waals surface area contributed by atoms with Gasteiger partial charge in [-0.05, 0) is 44.7 Å². The number of carbonyl (C=O) groups excluding carboxylic acids is 1. The number of Topliss-reactive ketones (excluding diaryl/α,β-unsaturated/α-hetero) is 1. The molecule has 0 bridgehead atoms. The van der Waals surface area contributed by atoms with Gasteiger partial charge in [-0.1, -0.05) is 6.92 Å². The second kappa shape index (κ2) is 5.30. The molecule has 0 saturated carbocycles. The number of ketones is 1. The molecule has 0 spiro atoms. The number of anilines is 1. The van der Waals surface area contributed by atoms with Gasteiger partial charge in [-0.25, -0.2) is 4.98 Å². The van der Waals surface area contributed by atoms with Crippen molar-refractivity contribution in [2.24, 2.45) is 0 Å². The van der Waals surface area contributed by atoms with Crippen molar-refractivity contribution >= 4 is 11.6 Å². The molecule has 1 fully saturated rings. The van der Waals surface area contributed by atoms with Crippen LogP contribution in [0.3, 0.4) is 0 Å². The zero-order valence-electron chi connectivity index (χ0n) is 10.6. The molecule has 0 radical (unpaired) electrons. The Bertz CT molecular complexity index is 403. The van der Waals surface area contributed by atoms with Gasteiger partial charge in [0.25, 0.3) is 0 Å². The molecule has 1 unspecified atom stereocenters. The molecule has 1 aromatic heterocycles. The van der Waals surface area contributed by atoms with E-state index in [9.17, 15) is 4.79 Å². The van der Waals surface area contributed by atoms with Gasteiger partial charge < -0.3 is 4.90 Å². The predicted octanol–water partition coefficient (Wildman–Crippen LogP) is 3.05. The quantitative estimate of drug-likeness (QED) is 0.751. The van der Waals surface area contributed by atoms with Crippen LogP contribution in [0.15, 0.2) is 18.3 Å². The van der Waals surface area contributed by atoms with Crippen molar-refractivity contribution in [2.75, 3.05) is 11.4 Å². The summed E-state index contributed by atoms with van der Waals surface area (Å²) in [5.74, 6) is 1.07. The van der Waals surface area contributed by atoms with E-state index >= 15 is 0 Å². The zero-order valence-corrected chi connectivity index (χ0v) is 10.6. The normalized spacial score (nSPS) is 20.4. The van der Waals surface area contributed by atoms with E-state index in [1.54, 1.807) is 19.2 Å². The van der Waals surface area contributed by atoms with Crippen molar-refractivity contribution in [1.82, 2.24) is 4.98 Å². The summed E-state index contributed by atoms with van der Waals surface area (Å²) < 4.78 is 0. The molecule has 1 aromatic rings. The standard InChI is InChI=1S/C14H20N2O/c1-3-13-6-4-5-9-16(13)14-10-12(11(2)17)7-8-15-14/h7-8,10,13H,3-6,9H2,1-2H3. The predicted molar refractivity (Wildman–Crippen MR) is 69.5 cm³/mol. The Morgan fingerprint density at radius 2 is 2.35 bits per heavy atom. The Morgan fingerprint density at radius 3 is 3.06 bits per heavy atom. The van der Waals surface area contributed by atoms with Crippen LogP contribution < -0.4 is 4.90 Å². The van der Waals surface area contributed by atoms with Gasteiger partial charge in [-0.2, -0.15) is 0 Å². The van der Waals surface area contributed by atoms with Gasteiger partial charge in [-0.15, -0.1) is 0 Å². The molecule has 2 heterocycles. The first-order chi connectivity index (χ1) is 8.22. The molecule has 0 aromatic carbocycles. The topological polar surface area (TPSA) is 33.2 Å². The fourth-order valence-electron chi connectivity index (χ4n) is 2.52. The number of piperidine rings is 1. The van der Waals surface area contributed by atoms with E-state index in [1.807, 2.05) is 6.07 Å². The average Bonchev–Trinajstić information content (AvgIpc) is 2.39. The average molecular weight is 232 g/mol. The fraction of sp³-hybridized carbons (Fsp3) is 0.571. The first-order valence-electron chi connectivity index (χ1n) is 6.46. The molecule has 0 aliphatic carbocycles. The lowest BCUT2D eigenvalue weighted by Crippen LogP contribution is -2.39. The molecule has 1 aliphatic heterocycles. The van der Waals surface area contributed by atoms with E-state index in [1.165, 1.54) is 19.3 Å². The lowest BCUT2D eigenvalue weighted by atomic mass is 10.00. The molecule has 0 amide bonds. The van der Waals surface area contributed by atoms with Crippen LogP contribution >= 0.6 is 0 Å². The largest absolute Gasteiger partial charge is 0.354 e. The number of hydrogen-bond donors (Lipinski definition) is 0. The third-order valence-corrected chi connectivity index (χ3v) is 3.54. The SMILES string of the molecule is CCC1CCCCN1c1cc(C(C)=O)ccn1.